The average molecular weight is 265 g/mol. The standard InChI is InChI=1S/C14H20N2O3/c1-3-4-12(14(18)19)15-13(17)7-10-16-8-5-11(2)6-9-16/h5-6,8-9,12H,3-4,7,10H2,1-2H3,(H-,15,17,18,19)/p+1. The van der Waals surface area contributed by atoms with Crippen molar-refractivity contribution in [3.05, 3.63) is 30.1 Å². The zero-order valence-electron chi connectivity index (χ0n) is 11.4. The molecule has 5 nitrogen and oxygen atoms in total. The highest BCUT2D eigenvalue weighted by atomic mass is 16.4. The number of nitrogens with one attached hydrogen (secondary N) is 1. The molecule has 2 N–H and O–H groups in total. The van der Waals surface area contributed by atoms with E-state index >= 15 is 0 Å². The highest BCUT2D eigenvalue weighted by Crippen LogP contribution is 1.98. The third kappa shape index (κ3) is 5.50. The summed E-state index contributed by atoms with van der Waals surface area (Å²) in [4.78, 5) is 22.6. The first kappa shape index (κ1) is 15.1. The van der Waals surface area contributed by atoms with Gasteiger partial charge in [0.1, 0.15) is 6.04 Å². The summed E-state index contributed by atoms with van der Waals surface area (Å²) in [6, 6.07) is 3.16. The molecule has 1 amide bonds. The van der Waals surface area contributed by atoms with E-state index in [0.29, 0.717) is 13.0 Å². The highest BCUT2D eigenvalue weighted by molar-refractivity contribution is 5.83. The normalized spacial score (nSPS) is 11.9. The van der Waals surface area contributed by atoms with E-state index < -0.39 is 12.0 Å². The first-order valence-corrected chi connectivity index (χ1v) is 6.50. The molecule has 1 aromatic rings. The third-order valence-electron chi connectivity index (χ3n) is 2.87. The van der Waals surface area contributed by atoms with Gasteiger partial charge in [-0.05, 0) is 18.9 Å². The van der Waals surface area contributed by atoms with Crippen molar-refractivity contribution in [1.82, 2.24) is 5.32 Å². The summed E-state index contributed by atoms with van der Waals surface area (Å²) in [6.45, 7) is 4.44. The van der Waals surface area contributed by atoms with E-state index in [1.165, 1.54) is 0 Å². The second kappa shape index (κ2) is 7.51. The van der Waals surface area contributed by atoms with Crippen LogP contribution in [0, 0.1) is 6.92 Å². The third-order valence-corrected chi connectivity index (χ3v) is 2.87. The largest absolute Gasteiger partial charge is 0.480 e. The van der Waals surface area contributed by atoms with Crippen LogP contribution in [0.25, 0.3) is 0 Å². The summed E-state index contributed by atoms with van der Waals surface area (Å²) in [7, 11) is 0. The molecule has 0 bridgehead atoms. The van der Waals surface area contributed by atoms with Crippen molar-refractivity contribution in [2.45, 2.75) is 45.7 Å². The van der Waals surface area contributed by atoms with E-state index in [0.717, 1.165) is 12.0 Å². The Morgan fingerprint density at radius 3 is 2.53 bits per heavy atom. The number of carboxylic acids is 1. The Hall–Kier alpha value is -1.91. The van der Waals surface area contributed by atoms with Crippen molar-refractivity contribution in [2.75, 3.05) is 0 Å². The van der Waals surface area contributed by atoms with Crippen molar-refractivity contribution >= 4 is 11.9 Å². The lowest BCUT2D eigenvalue weighted by atomic mass is 10.1. The van der Waals surface area contributed by atoms with E-state index in [2.05, 4.69) is 5.32 Å². The van der Waals surface area contributed by atoms with Gasteiger partial charge in [-0.25, -0.2) is 9.36 Å². The fourth-order valence-electron chi connectivity index (χ4n) is 1.72. The van der Waals surface area contributed by atoms with Crippen LogP contribution in [0.3, 0.4) is 0 Å². The zero-order valence-corrected chi connectivity index (χ0v) is 11.4. The summed E-state index contributed by atoms with van der Waals surface area (Å²) in [5.41, 5.74) is 1.16. The maximum atomic E-state index is 11.7. The van der Waals surface area contributed by atoms with Gasteiger partial charge in [0.15, 0.2) is 18.9 Å². The molecule has 0 aliphatic rings. The van der Waals surface area contributed by atoms with Gasteiger partial charge in [-0.1, -0.05) is 13.3 Å². The Balaban J connectivity index is 2.42. The first-order chi connectivity index (χ1) is 9.02. The number of hydrogen-bond donors (Lipinski definition) is 2. The molecule has 0 fully saturated rings. The van der Waals surface area contributed by atoms with Gasteiger partial charge in [-0.3, -0.25) is 4.79 Å². The van der Waals surface area contributed by atoms with Crippen LogP contribution in [-0.4, -0.2) is 23.0 Å². The number of nitrogens with zero attached hydrogens (tertiary/aromatic N) is 1. The summed E-state index contributed by atoms with van der Waals surface area (Å²) >= 11 is 0. The number of rotatable bonds is 7. The quantitative estimate of drug-likeness (QED) is 0.724. The number of carbonyl (C=O) groups is 2. The average Bonchev–Trinajstić information content (AvgIpc) is 2.37. The van der Waals surface area contributed by atoms with Crippen LogP contribution in [0.1, 0.15) is 31.7 Å². The Morgan fingerprint density at radius 2 is 2.00 bits per heavy atom. The molecule has 0 saturated heterocycles. The van der Waals surface area contributed by atoms with Crippen LogP contribution in [0.4, 0.5) is 0 Å². The van der Waals surface area contributed by atoms with E-state index in [1.54, 1.807) is 0 Å². The van der Waals surface area contributed by atoms with Gasteiger partial charge in [0.05, 0.1) is 6.42 Å². The van der Waals surface area contributed by atoms with Crippen LogP contribution in [0.5, 0.6) is 0 Å². The molecule has 0 aliphatic carbocycles. The van der Waals surface area contributed by atoms with Crippen molar-refractivity contribution in [3.63, 3.8) is 0 Å². The highest BCUT2D eigenvalue weighted by Gasteiger charge is 2.19. The Labute approximate surface area is 113 Å². The fraction of sp³-hybridized carbons (Fsp3) is 0.500. The summed E-state index contributed by atoms with van der Waals surface area (Å²) < 4.78 is 1.90. The smallest absolute Gasteiger partial charge is 0.326 e. The lowest BCUT2D eigenvalue weighted by Crippen LogP contribution is -2.43. The lowest BCUT2D eigenvalue weighted by Gasteiger charge is -2.12. The van der Waals surface area contributed by atoms with E-state index in [4.69, 9.17) is 5.11 Å². The van der Waals surface area contributed by atoms with Crippen LogP contribution >= 0.6 is 0 Å². The van der Waals surface area contributed by atoms with Crippen molar-refractivity contribution in [1.29, 1.82) is 0 Å². The Bertz CT molecular complexity index is 429. The minimum absolute atomic E-state index is 0.228. The number of aryl methyl sites for hydroxylation is 2. The Kier molecular flexibility index (Phi) is 5.99. The zero-order chi connectivity index (χ0) is 14.3. The van der Waals surface area contributed by atoms with Gasteiger partial charge in [-0.15, -0.1) is 0 Å². The molecule has 19 heavy (non-hydrogen) atoms. The SMILES string of the molecule is CCCC(NC(=O)CC[n+]1ccc(C)cc1)C(=O)O. The van der Waals surface area contributed by atoms with Crippen LogP contribution in [-0.2, 0) is 16.1 Å². The summed E-state index contributed by atoms with van der Waals surface area (Å²) in [5, 5.41) is 11.5. The lowest BCUT2D eigenvalue weighted by molar-refractivity contribution is -0.695. The van der Waals surface area contributed by atoms with Crippen molar-refractivity contribution in [2.24, 2.45) is 0 Å². The molecule has 0 spiro atoms. The second-order valence-electron chi connectivity index (χ2n) is 4.61. The Morgan fingerprint density at radius 1 is 1.37 bits per heavy atom. The molecule has 104 valence electrons. The molecular weight excluding hydrogens is 244 g/mol. The molecule has 0 aliphatic heterocycles. The molecule has 1 unspecified atom stereocenters. The molecule has 0 saturated carbocycles. The maximum absolute atomic E-state index is 11.7. The minimum atomic E-state index is -0.974. The van der Waals surface area contributed by atoms with Crippen molar-refractivity contribution < 1.29 is 19.3 Å². The molecule has 5 heteroatoms. The monoisotopic (exact) mass is 265 g/mol. The minimum Gasteiger partial charge on any atom is -0.480 e. The topological polar surface area (TPSA) is 70.3 Å². The second-order valence-corrected chi connectivity index (χ2v) is 4.61. The van der Waals surface area contributed by atoms with Gasteiger partial charge in [0.2, 0.25) is 5.91 Å². The van der Waals surface area contributed by atoms with Crippen molar-refractivity contribution in [3.8, 4) is 0 Å². The predicted octanol–water partition coefficient (Wildman–Crippen LogP) is 1.04. The number of aromatic nitrogens is 1. The van der Waals surface area contributed by atoms with Gasteiger partial charge in [0.25, 0.3) is 0 Å². The van der Waals surface area contributed by atoms with Crippen LogP contribution in [0.2, 0.25) is 0 Å². The summed E-state index contributed by atoms with van der Waals surface area (Å²) in [6.07, 6.45) is 5.27. The van der Waals surface area contributed by atoms with Gasteiger partial charge in [-0.2, -0.15) is 0 Å². The number of carbonyl (C=O) groups excluding carboxylic acids is 1. The number of hydrogen-bond acceptors (Lipinski definition) is 2. The van der Waals surface area contributed by atoms with Crippen LogP contribution < -0.4 is 9.88 Å². The molecule has 1 rings (SSSR count). The van der Waals surface area contributed by atoms with Gasteiger partial charge >= 0.3 is 5.97 Å². The summed E-state index contributed by atoms with van der Waals surface area (Å²) in [5.74, 6) is -1.20. The van der Waals surface area contributed by atoms with E-state index in [9.17, 15) is 9.59 Å². The van der Waals surface area contributed by atoms with E-state index in [1.807, 2.05) is 42.9 Å². The number of pyridine rings is 1. The number of amides is 1. The molecule has 0 aromatic carbocycles. The fourth-order valence-corrected chi connectivity index (χ4v) is 1.72. The maximum Gasteiger partial charge on any atom is 0.326 e. The predicted molar refractivity (Wildman–Crippen MR) is 70.5 cm³/mol. The number of aliphatic carboxylic acids is 1. The molecule has 0 radical (unpaired) electrons. The van der Waals surface area contributed by atoms with Crippen LogP contribution in [0.15, 0.2) is 24.5 Å². The molecular formula is C14H21N2O3+. The van der Waals surface area contributed by atoms with Gasteiger partial charge in [0, 0.05) is 12.1 Å². The van der Waals surface area contributed by atoms with Gasteiger partial charge < -0.3 is 10.4 Å². The molecule has 1 atom stereocenters. The molecule has 1 aromatic heterocycles. The first-order valence-electron chi connectivity index (χ1n) is 6.50. The molecule has 1 heterocycles. The number of carboxylic acid groups (broad SMARTS) is 1. The van der Waals surface area contributed by atoms with E-state index in [-0.39, 0.29) is 12.3 Å².